The van der Waals surface area contributed by atoms with Gasteiger partial charge in [-0.3, -0.25) is 0 Å². The third-order valence-corrected chi connectivity index (χ3v) is 5.78. The van der Waals surface area contributed by atoms with Crippen molar-refractivity contribution < 1.29 is 13.2 Å². The summed E-state index contributed by atoms with van der Waals surface area (Å²) in [6.07, 6.45) is 6.36. The van der Waals surface area contributed by atoms with Crippen molar-refractivity contribution in [2.45, 2.75) is 30.6 Å². The maximum absolute atomic E-state index is 12.1. The second-order valence-electron chi connectivity index (χ2n) is 4.60. The van der Waals surface area contributed by atoms with Crippen LogP contribution in [-0.4, -0.2) is 34.1 Å². The monoisotopic (exact) mass is 395 g/mol. The molecule has 1 N–H and O–H groups in total. The number of hydrogen-bond acceptors (Lipinski definition) is 4. The molecule has 0 unspecified atom stereocenters. The number of sulfonamides is 1. The molecule has 1 aromatic rings. The molecule has 0 aliphatic rings. The van der Waals surface area contributed by atoms with Crippen LogP contribution in [0.15, 0.2) is 27.6 Å². The Balaban J connectivity index is 2.45. The number of ether oxygens (including phenoxy) is 1. The Bertz CT molecular complexity index is 535. The van der Waals surface area contributed by atoms with Crippen molar-refractivity contribution in [2.75, 3.05) is 25.7 Å². The van der Waals surface area contributed by atoms with Crippen molar-refractivity contribution in [3.63, 3.8) is 0 Å². The van der Waals surface area contributed by atoms with Gasteiger partial charge >= 0.3 is 0 Å². The summed E-state index contributed by atoms with van der Waals surface area (Å²) in [5.41, 5.74) is 0. The van der Waals surface area contributed by atoms with E-state index in [1.807, 2.05) is 11.8 Å². The van der Waals surface area contributed by atoms with E-state index in [0.717, 1.165) is 19.3 Å². The zero-order valence-electron chi connectivity index (χ0n) is 12.4. The van der Waals surface area contributed by atoms with Crippen molar-refractivity contribution in [3.05, 3.63) is 22.7 Å². The molecule has 1 aromatic carbocycles. The minimum atomic E-state index is -3.44. The van der Waals surface area contributed by atoms with E-state index in [2.05, 4.69) is 26.9 Å². The molecule has 0 saturated carbocycles. The summed E-state index contributed by atoms with van der Waals surface area (Å²) in [6, 6.07) is 4.74. The summed E-state index contributed by atoms with van der Waals surface area (Å²) in [5, 5.41) is 0. The number of nitrogens with one attached hydrogen (secondary N) is 1. The number of benzene rings is 1. The molecular weight excluding hydrogens is 374 g/mol. The molecule has 0 bridgehead atoms. The Hall–Kier alpha value is -0.240. The molecule has 7 heteroatoms. The highest BCUT2D eigenvalue weighted by Gasteiger charge is 2.15. The standard InChI is InChI=1S/C14H22BrNO3S2/c1-19-14-8-7-12(11-13(14)15)21(17,18)16-9-5-3-4-6-10-20-2/h7-8,11,16H,3-6,9-10H2,1-2H3. The molecule has 120 valence electrons. The van der Waals surface area contributed by atoms with E-state index in [1.54, 1.807) is 25.3 Å². The van der Waals surface area contributed by atoms with Crippen molar-refractivity contribution >= 4 is 37.7 Å². The van der Waals surface area contributed by atoms with Crippen LogP contribution in [0.1, 0.15) is 25.7 Å². The Labute approximate surface area is 140 Å². The summed E-state index contributed by atoms with van der Waals surface area (Å²) < 4.78 is 32.6. The molecule has 0 atom stereocenters. The largest absolute Gasteiger partial charge is 0.496 e. The van der Waals surface area contributed by atoms with Gasteiger partial charge in [0.2, 0.25) is 10.0 Å². The van der Waals surface area contributed by atoms with E-state index in [1.165, 1.54) is 12.2 Å². The van der Waals surface area contributed by atoms with Crippen molar-refractivity contribution in [1.29, 1.82) is 0 Å². The average Bonchev–Trinajstić information content (AvgIpc) is 2.46. The van der Waals surface area contributed by atoms with Gasteiger partial charge in [0.1, 0.15) is 5.75 Å². The smallest absolute Gasteiger partial charge is 0.240 e. The first-order valence-electron chi connectivity index (χ1n) is 6.83. The van der Waals surface area contributed by atoms with Gasteiger partial charge in [-0.2, -0.15) is 11.8 Å². The van der Waals surface area contributed by atoms with Crippen molar-refractivity contribution in [1.82, 2.24) is 4.72 Å². The Morgan fingerprint density at radius 1 is 1.24 bits per heavy atom. The first-order valence-corrected chi connectivity index (χ1v) is 10.5. The summed E-state index contributed by atoms with van der Waals surface area (Å²) in [5.74, 6) is 1.79. The van der Waals surface area contributed by atoms with Crippen LogP contribution in [-0.2, 0) is 10.0 Å². The molecule has 0 spiro atoms. The Morgan fingerprint density at radius 3 is 2.57 bits per heavy atom. The van der Waals surface area contributed by atoms with Gasteiger partial charge in [-0.15, -0.1) is 0 Å². The van der Waals surface area contributed by atoms with Gasteiger partial charge in [0.15, 0.2) is 0 Å². The summed E-state index contributed by atoms with van der Waals surface area (Å²) in [7, 11) is -1.90. The lowest BCUT2D eigenvalue weighted by Crippen LogP contribution is -2.24. The fourth-order valence-corrected chi connectivity index (χ4v) is 4.11. The second kappa shape index (κ2) is 9.71. The third kappa shape index (κ3) is 6.59. The molecule has 0 aliphatic heterocycles. The molecular formula is C14H22BrNO3S2. The second-order valence-corrected chi connectivity index (χ2v) is 8.21. The minimum Gasteiger partial charge on any atom is -0.496 e. The summed E-state index contributed by atoms with van der Waals surface area (Å²) in [4.78, 5) is 0.248. The van der Waals surface area contributed by atoms with Crippen LogP contribution >= 0.6 is 27.7 Å². The first kappa shape index (κ1) is 18.8. The van der Waals surface area contributed by atoms with E-state index >= 15 is 0 Å². The van der Waals surface area contributed by atoms with Gasteiger partial charge in [0, 0.05) is 6.54 Å². The van der Waals surface area contributed by atoms with Crippen LogP contribution in [0.4, 0.5) is 0 Å². The summed E-state index contributed by atoms with van der Waals surface area (Å²) >= 11 is 5.14. The van der Waals surface area contributed by atoms with Crippen molar-refractivity contribution in [3.8, 4) is 5.75 Å². The van der Waals surface area contributed by atoms with Gasteiger partial charge in [0.25, 0.3) is 0 Å². The van der Waals surface area contributed by atoms with E-state index in [4.69, 9.17) is 4.74 Å². The normalized spacial score (nSPS) is 11.6. The number of unbranched alkanes of at least 4 members (excludes halogenated alkanes) is 3. The number of rotatable bonds is 10. The lowest BCUT2D eigenvalue weighted by atomic mass is 10.2. The van der Waals surface area contributed by atoms with Crippen LogP contribution in [0, 0.1) is 0 Å². The zero-order valence-corrected chi connectivity index (χ0v) is 15.6. The lowest BCUT2D eigenvalue weighted by Gasteiger charge is -2.09. The van der Waals surface area contributed by atoms with Gasteiger partial charge in [-0.05, 0) is 59.0 Å². The Kier molecular flexibility index (Phi) is 8.70. The third-order valence-electron chi connectivity index (χ3n) is 3.00. The van der Waals surface area contributed by atoms with Gasteiger partial charge in [-0.25, -0.2) is 13.1 Å². The van der Waals surface area contributed by atoms with Crippen LogP contribution in [0.2, 0.25) is 0 Å². The average molecular weight is 396 g/mol. The zero-order chi connectivity index (χ0) is 15.7. The van der Waals surface area contributed by atoms with E-state index in [9.17, 15) is 8.42 Å². The van der Waals surface area contributed by atoms with Crippen LogP contribution in [0.5, 0.6) is 5.75 Å². The molecule has 0 fully saturated rings. The summed E-state index contributed by atoms with van der Waals surface area (Å²) in [6.45, 7) is 0.477. The van der Waals surface area contributed by atoms with E-state index in [0.29, 0.717) is 16.8 Å². The van der Waals surface area contributed by atoms with Gasteiger partial charge in [-0.1, -0.05) is 12.8 Å². The quantitative estimate of drug-likeness (QED) is 0.614. The predicted octanol–water partition coefficient (Wildman–Crippen LogP) is 3.66. The molecule has 0 aliphatic carbocycles. The lowest BCUT2D eigenvalue weighted by molar-refractivity contribution is 0.411. The van der Waals surface area contributed by atoms with Crippen molar-refractivity contribution in [2.24, 2.45) is 0 Å². The molecule has 1 rings (SSSR count). The first-order chi connectivity index (χ1) is 10.0. The highest BCUT2D eigenvalue weighted by Crippen LogP contribution is 2.27. The SMILES string of the molecule is COc1ccc(S(=O)(=O)NCCCCCCSC)cc1Br. The highest BCUT2D eigenvalue weighted by molar-refractivity contribution is 9.10. The topological polar surface area (TPSA) is 55.4 Å². The fraction of sp³-hybridized carbons (Fsp3) is 0.571. The van der Waals surface area contributed by atoms with E-state index < -0.39 is 10.0 Å². The number of thioether (sulfide) groups is 1. The maximum Gasteiger partial charge on any atom is 0.240 e. The predicted molar refractivity (Wildman–Crippen MR) is 92.7 cm³/mol. The van der Waals surface area contributed by atoms with Crippen LogP contribution in [0.25, 0.3) is 0 Å². The van der Waals surface area contributed by atoms with Crippen LogP contribution in [0.3, 0.4) is 0 Å². The molecule has 4 nitrogen and oxygen atoms in total. The number of methoxy groups -OCH3 is 1. The van der Waals surface area contributed by atoms with Crippen LogP contribution < -0.4 is 9.46 Å². The van der Waals surface area contributed by atoms with Gasteiger partial charge in [0.05, 0.1) is 16.5 Å². The molecule has 0 aromatic heterocycles. The van der Waals surface area contributed by atoms with E-state index in [-0.39, 0.29) is 4.90 Å². The molecule has 0 amide bonds. The number of hydrogen-bond donors (Lipinski definition) is 1. The minimum absolute atomic E-state index is 0.248. The number of halogens is 1. The molecule has 21 heavy (non-hydrogen) atoms. The molecule has 0 saturated heterocycles. The maximum atomic E-state index is 12.1. The molecule has 0 radical (unpaired) electrons. The van der Waals surface area contributed by atoms with Gasteiger partial charge < -0.3 is 4.74 Å². The molecule has 0 heterocycles. The highest BCUT2D eigenvalue weighted by atomic mass is 79.9. The Morgan fingerprint density at radius 2 is 1.95 bits per heavy atom. The fourth-order valence-electron chi connectivity index (χ4n) is 1.83.